The van der Waals surface area contributed by atoms with E-state index in [0.29, 0.717) is 5.56 Å². The quantitative estimate of drug-likeness (QED) is 0.611. The molecule has 0 fully saturated rings. The van der Waals surface area contributed by atoms with Crippen LogP contribution in [0, 0.1) is 5.82 Å². The number of hydrogen-bond donors (Lipinski definition) is 3. The summed E-state index contributed by atoms with van der Waals surface area (Å²) in [4.78, 5) is 0. The Bertz CT molecular complexity index is 291. The van der Waals surface area contributed by atoms with Crippen LogP contribution >= 0.6 is 0 Å². The minimum absolute atomic E-state index is 0.127. The number of halogens is 1. The molecule has 0 aliphatic heterocycles. The van der Waals surface area contributed by atoms with Crippen LogP contribution in [0.5, 0.6) is 0 Å². The van der Waals surface area contributed by atoms with Gasteiger partial charge in [-0.05, 0) is 12.1 Å². The van der Waals surface area contributed by atoms with Gasteiger partial charge < -0.3 is 15.9 Å². The highest BCUT2D eigenvalue weighted by Crippen LogP contribution is 2.23. The van der Waals surface area contributed by atoms with Gasteiger partial charge in [0.25, 0.3) is 0 Å². The second kappa shape index (κ2) is 4.20. The number of rotatable bonds is 3. The van der Waals surface area contributed by atoms with Crippen molar-refractivity contribution in [2.24, 2.45) is 0 Å². The van der Waals surface area contributed by atoms with E-state index in [9.17, 15) is 9.50 Å². The minimum Gasteiger partial charge on any atom is -0.398 e. The van der Waals surface area contributed by atoms with E-state index in [0.717, 1.165) is 6.07 Å². The number of hydrogen-bond acceptors (Lipinski definition) is 3. The van der Waals surface area contributed by atoms with Crippen LogP contribution in [0.4, 0.5) is 10.1 Å². The zero-order valence-electron chi connectivity index (χ0n) is 7.07. The Hall–Kier alpha value is -1.13. The van der Waals surface area contributed by atoms with Crippen molar-refractivity contribution in [3.63, 3.8) is 0 Å². The molecule has 0 radical (unpaired) electrons. The molecule has 0 spiro atoms. The number of anilines is 1. The van der Waals surface area contributed by atoms with E-state index in [2.05, 4.69) is 0 Å². The summed E-state index contributed by atoms with van der Waals surface area (Å²) in [7, 11) is 0. The van der Waals surface area contributed by atoms with Crippen LogP contribution in [-0.2, 0) is 0 Å². The first-order chi connectivity index (χ1) is 6.15. The number of nitrogens with two attached hydrogens (primary N) is 1. The zero-order valence-corrected chi connectivity index (χ0v) is 7.07. The summed E-state index contributed by atoms with van der Waals surface area (Å²) in [6.45, 7) is -0.127. The predicted octanol–water partition coefficient (Wildman–Crippen LogP) is 0.824. The summed E-state index contributed by atoms with van der Waals surface area (Å²) >= 11 is 0. The third-order valence-electron chi connectivity index (χ3n) is 1.81. The highest BCUT2D eigenvalue weighted by atomic mass is 19.1. The van der Waals surface area contributed by atoms with Gasteiger partial charge in [0.05, 0.1) is 6.10 Å². The SMILES string of the molecule is Nc1cc(F)ccc1C(O)CCO. The molecule has 1 aromatic rings. The average Bonchev–Trinajstić information content (AvgIpc) is 2.04. The first-order valence-electron chi connectivity index (χ1n) is 3.99. The second-order valence-corrected chi connectivity index (χ2v) is 2.80. The molecule has 3 nitrogen and oxygen atoms in total. The maximum atomic E-state index is 12.6. The largest absolute Gasteiger partial charge is 0.398 e. The Morgan fingerprint density at radius 3 is 2.69 bits per heavy atom. The number of nitrogen functional groups attached to an aromatic ring is 1. The lowest BCUT2D eigenvalue weighted by atomic mass is 10.1. The van der Waals surface area contributed by atoms with Gasteiger partial charge in [-0.15, -0.1) is 0 Å². The molecule has 13 heavy (non-hydrogen) atoms. The van der Waals surface area contributed by atoms with Gasteiger partial charge in [-0.25, -0.2) is 4.39 Å². The van der Waals surface area contributed by atoms with Crippen molar-refractivity contribution >= 4 is 5.69 Å². The standard InChI is InChI=1S/C9H12FNO2/c10-6-1-2-7(8(11)5-6)9(13)3-4-12/h1-2,5,9,12-13H,3-4,11H2. The van der Waals surface area contributed by atoms with Gasteiger partial charge in [-0.1, -0.05) is 6.07 Å². The predicted molar refractivity (Wildman–Crippen MR) is 47.5 cm³/mol. The molecule has 1 atom stereocenters. The van der Waals surface area contributed by atoms with E-state index >= 15 is 0 Å². The topological polar surface area (TPSA) is 66.5 Å². The van der Waals surface area contributed by atoms with Gasteiger partial charge in [0.1, 0.15) is 5.82 Å². The third-order valence-corrected chi connectivity index (χ3v) is 1.81. The summed E-state index contributed by atoms with van der Waals surface area (Å²) in [6, 6.07) is 3.80. The molecular formula is C9H12FNO2. The summed E-state index contributed by atoms with van der Waals surface area (Å²) in [5.74, 6) is -0.433. The van der Waals surface area contributed by atoms with Crippen molar-refractivity contribution in [2.75, 3.05) is 12.3 Å². The van der Waals surface area contributed by atoms with Crippen molar-refractivity contribution in [1.29, 1.82) is 0 Å². The van der Waals surface area contributed by atoms with Crippen LogP contribution in [0.3, 0.4) is 0 Å². The highest BCUT2D eigenvalue weighted by Gasteiger charge is 2.10. The molecule has 4 N–H and O–H groups in total. The van der Waals surface area contributed by atoms with E-state index < -0.39 is 11.9 Å². The van der Waals surface area contributed by atoms with Gasteiger partial charge in [-0.3, -0.25) is 0 Å². The van der Waals surface area contributed by atoms with Crippen molar-refractivity contribution in [2.45, 2.75) is 12.5 Å². The van der Waals surface area contributed by atoms with Gasteiger partial charge in [-0.2, -0.15) is 0 Å². The molecule has 72 valence electrons. The molecule has 0 aliphatic rings. The molecule has 1 rings (SSSR count). The number of benzene rings is 1. The molecule has 0 heterocycles. The van der Waals surface area contributed by atoms with Crippen molar-refractivity contribution in [3.05, 3.63) is 29.6 Å². The first-order valence-corrected chi connectivity index (χ1v) is 3.99. The van der Waals surface area contributed by atoms with E-state index in [4.69, 9.17) is 10.8 Å². The van der Waals surface area contributed by atoms with Gasteiger partial charge in [0.15, 0.2) is 0 Å². The number of aliphatic hydroxyl groups is 2. The van der Waals surface area contributed by atoms with E-state index in [1.807, 2.05) is 0 Å². The minimum atomic E-state index is -0.828. The molecule has 0 bridgehead atoms. The molecule has 1 aromatic carbocycles. The summed E-state index contributed by atoms with van der Waals surface area (Å²) < 4.78 is 12.6. The van der Waals surface area contributed by atoms with Gasteiger partial charge in [0, 0.05) is 24.3 Å². The fourth-order valence-corrected chi connectivity index (χ4v) is 1.13. The Labute approximate surface area is 75.6 Å². The summed E-state index contributed by atoms with van der Waals surface area (Å²) in [6.07, 6.45) is -0.624. The van der Waals surface area contributed by atoms with Crippen LogP contribution in [-0.4, -0.2) is 16.8 Å². The fourth-order valence-electron chi connectivity index (χ4n) is 1.13. The Kier molecular flexibility index (Phi) is 3.22. The lowest BCUT2D eigenvalue weighted by Crippen LogP contribution is -2.04. The van der Waals surface area contributed by atoms with Crippen LogP contribution in [0.2, 0.25) is 0 Å². The summed E-state index contributed by atoms with van der Waals surface area (Å²) in [5.41, 5.74) is 6.13. The maximum absolute atomic E-state index is 12.6. The molecule has 0 saturated heterocycles. The van der Waals surface area contributed by atoms with E-state index in [1.54, 1.807) is 0 Å². The molecule has 0 aromatic heterocycles. The molecule has 0 amide bonds. The normalized spacial score (nSPS) is 12.8. The monoisotopic (exact) mass is 185 g/mol. The van der Waals surface area contributed by atoms with Crippen molar-refractivity contribution < 1.29 is 14.6 Å². The van der Waals surface area contributed by atoms with Crippen LogP contribution in [0.1, 0.15) is 18.1 Å². The third kappa shape index (κ3) is 2.40. The molecule has 1 unspecified atom stereocenters. The molecule has 0 aliphatic carbocycles. The van der Waals surface area contributed by atoms with Crippen LogP contribution in [0.15, 0.2) is 18.2 Å². The number of aliphatic hydroxyl groups excluding tert-OH is 2. The van der Waals surface area contributed by atoms with Crippen molar-refractivity contribution in [1.82, 2.24) is 0 Å². The lowest BCUT2D eigenvalue weighted by molar-refractivity contribution is 0.135. The van der Waals surface area contributed by atoms with Crippen molar-refractivity contribution in [3.8, 4) is 0 Å². The van der Waals surface area contributed by atoms with Crippen LogP contribution in [0.25, 0.3) is 0 Å². The second-order valence-electron chi connectivity index (χ2n) is 2.80. The average molecular weight is 185 g/mol. The smallest absolute Gasteiger partial charge is 0.125 e. The Morgan fingerprint density at radius 1 is 1.46 bits per heavy atom. The highest BCUT2D eigenvalue weighted by molar-refractivity contribution is 5.48. The van der Waals surface area contributed by atoms with Crippen LogP contribution < -0.4 is 5.73 Å². The molecular weight excluding hydrogens is 173 g/mol. The zero-order chi connectivity index (χ0) is 9.84. The fraction of sp³-hybridized carbons (Fsp3) is 0.333. The molecule has 4 heteroatoms. The lowest BCUT2D eigenvalue weighted by Gasteiger charge is -2.11. The maximum Gasteiger partial charge on any atom is 0.125 e. The molecule has 0 saturated carbocycles. The Balaban J connectivity index is 2.88. The van der Waals surface area contributed by atoms with Gasteiger partial charge >= 0.3 is 0 Å². The van der Waals surface area contributed by atoms with E-state index in [1.165, 1.54) is 12.1 Å². The summed E-state index contributed by atoms with van der Waals surface area (Å²) in [5, 5.41) is 18.0. The van der Waals surface area contributed by atoms with Gasteiger partial charge in [0.2, 0.25) is 0 Å². The van der Waals surface area contributed by atoms with E-state index in [-0.39, 0.29) is 18.7 Å². The first kappa shape index (κ1) is 9.95. The Morgan fingerprint density at radius 2 is 2.15 bits per heavy atom.